The topological polar surface area (TPSA) is 104 Å². The third kappa shape index (κ3) is 3.27. The van der Waals surface area contributed by atoms with Gasteiger partial charge in [-0.15, -0.1) is 0 Å². The van der Waals surface area contributed by atoms with Gasteiger partial charge in [0.25, 0.3) is 0 Å². The number of carbonyl (C=O) groups excluding carboxylic acids is 1. The molecule has 0 aliphatic rings. The molecule has 2 amide bonds. The summed E-state index contributed by atoms with van der Waals surface area (Å²) >= 11 is 0. The molecule has 0 heterocycles. The molecule has 2 rings (SSSR count). The van der Waals surface area contributed by atoms with E-state index < -0.39 is 23.5 Å². The first-order chi connectivity index (χ1) is 9.99. The van der Waals surface area contributed by atoms with E-state index in [1.807, 2.05) is 0 Å². The SMILES string of the molecule is Nc1ccccc1NC(=O)Nc1c(F)cccc1C(=O)O. The molecular weight excluding hydrogens is 277 g/mol. The Bertz CT molecular complexity index is 704. The number of hydrogen-bond acceptors (Lipinski definition) is 3. The second kappa shape index (κ2) is 5.91. The number of carbonyl (C=O) groups is 2. The molecule has 0 aromatic heterocycles. The normalized spacial score (nSPS) is 9.95. The van der Waals surface area contributed by atoms with E-state index in [1.165, 1.54) is 12.1 Å². The lowest BCUT2D eigenvalue weighted by Gasteiger charge is -2.11. The summed E-state index contributed by atoms with van der Waals surface area (Å²) in [7, 11) is 0. The summed E-state index contributed by atoms with van der Waals surface area (Å²) in [5.41, 5.74) is 5.58. The zero-order valence-electron chi connectivity index (χ0n) is 10.8. The van der Waals surface area contributed by atoms with Crippen LogP contribution >= 0.6 is 0 Å². The summed E-state index contributed by atoms with van der Waals surface area (Å²) < 4.78 is 13.7. The number of aromatic carboxylic acids is 1. The maximum absolute atomic E-state index is 13.7. The third-order valence-corrected chi connectivity index (χ3v) is 2.69. The van der Waals surface area contributed by atoms with Crippen molar-refractivity contribution in [3.05, 3.63) is 53.8 Å². The quantitative estimate of drug-likeness (QED) is 0.652. The first kappa shape index (κ1) is 14.3. The highest BCUT2D eigenvalue weighted by atomic mass is 19.1. The number of nitrogens with two attached hydrogens (primary N) is 1. The highest BCUT2D eigenvalue weighted by Gasteiger charge is 2.16. The fourth-order valence-electron chi connectivity index (χ4n) is 1.71. The van der Waals surface area contributed by atoms with E-state index in [1.54, 1.807) is 24.3 Å². The molecule has 0 bridgehead atoms. The predicted octanol–water partition coefficient (Wildman–Crippen LogP) is 2.75. The number of amides is 2. The van der Waals surface area contributed by atoms with Gasteiger partial charge < -0.3 is 21.5 Å². The van der Waals surface area contributed by atoms with Gasteiger partial charge in [-0.2, -0.15) is 0 Å². The zero-order chi connectivity index (χ0) is 15.4. The molecule has 0 spiro atoms. The smallest absolute Gasteiger partial charge is 0.337 e. The van der Waals surface area contributed by atoms with Gasteiger partial charge >= 0.3 is 12.0 Å². The third-order valence-electron chi connectivity index (χ3n) is 2.69. The number of carboxylic acids is 1. The second-order valence-electron chi connectivity index (χ2n) is 4.13. The minimum atomic E-state index is -1.34. The molecule has 0 atom stereocenters. The lowest BCUT2D eigenvalue weighted by Crippen LogP contribution is -2.22. The van der Waals surface area contributed by atoms with Crippen molar-refractivity contribution < 1.29 is 19.1 Å². The average Bonchev–Trinajstić information content (AvgIpc) is 2.43. The number of anilines is 3. The predicted molar refractivity (Wildman–Crippen MR) is 76.9 cm³/mol. The number of benzene rings is 2. The van der Waals surface area contributed by atoms with Crippen LogP contribution in [0, 0.1) is 5.82 Å². The number of nitrogen functional groups attached to an aromatic ring is 1. The summed E-state index contributed by atoms with van der Waals surface area (Å²) in [6, 6.07) is 9.21. The summed E-state index contributed by atoms with van der Waals surface area (Å²) in [6.45, 7) is 0. The fourth-order valence-corrected chi connectivity index (χ4v) is 1.71. The van der Waals surface area contributed by atoms with E-state index in [0.717, 1.165) is 6.07 Å². The van der Waals surface area contributed by atoms with Crippen LogP contribution in [0.5, 0.6) is 0 Å². The minimum absolute atomic E-state index is 0.333. The number of hydrogen-bond donors (Lipinski definition) is 4. The molecule has 2 aromatic rings. The Hall–Kier alpha value is -3.09. The largest absolute Gasteiger partial charge is 0.478 e. The molecule has 6 nitrogen and oxygen atoms in total. The Balaban J connectivity index is 2.21. The van der Waals surface area contributed by atoms with Gasteiger partial charge in [0.1, 0.15) is 5.82 Å². The van der Waals surface area contributed by atoms with Gasteiger partial charge in [0, 0.05) is 0 Å². The van der Waals surface area contributed by atoms with Gasteiger partial charge in [0.2, 0.25) is 0 Å². The van der Waals surface area contributed by atoms with E-state index in [9.17, 15) is 14.0 Å². The minimum Gasteiger partial charge on any atom is -0.478 e. The molecule has 21 heavy (non-hydrogen) atoms. The van der Waals surface area contributed by atoms with Crippen molar-refractivity contribution in [2.45, 2.75) is 0 Å². The van der Waals surface area contributed by atoms with Crippen molar-refractivity contribution in [1.29, 1.82) is 0 Å². The zero-order valence-corrected chi connectivity index (χ0v) is 10.8. The molecule has 7 heteroatoms. The van der Waals surface area contributed by atoms with Crippen molar-refractivity contribution in [1.82, 2.24) is 0 Å². The molecule has 0 radical (unpaired) electrons. The molecule has 108 valence electrons. The maximum Gasteiger partial charge on any atom is 0.337 e. The van der Waals surface area contributed by atoms with Crippen LogP contribution in [0.1, 0.15) is 10.4 Å². The van der Waals surface area contributed by atoms with Crippen molar-refractivity contribution in [2.75, 3.05) is 16.4 Å². The second-order valence-corrected chi connectivity index (χ2v) is 4.13. The van der Waals surface area contributed by atoms with Gasteiger partial charge in [-0.3, -0.25) is 0 Å². The van der Waals surface area contributed by atoms with E-state index in [4.69, 9.17) is 10.8 Å². The monoisotopic (exact) mass is 289 g/mol. The van der Waals surface area contributed by atoms with Gasteiger partial charge in [0.05, 0.1) is 22.6 Å². The molecule has 0 saturated heterocycles. The molecule has 2 aromatic carbocycles. The van der Waals surface area contributed by atoms with Crippen molar-refractivity contribution in [2.24, 2.45) is 0 Å². The van der Waals surface area contributed by atoms with Crippen LogP contribution in [0.25, 0.3) is 0 Å². The fraction of sp³-hybridized carbons (Fsp3) is 0. The molecule has 0 unspecified atom stereocenters. The molecule has 0 aliphatic heterocycles. The van der Waals surface area contributed by atoms with Gasteiger partial charge in [-0.1, -0.05) is 18.2 Å². The Morgan fingerprint density at radius 1 is 1.05 bits per heavy atom. The van der Waals surface area contributed by atoms with E-state index in [-0.39, 0.29) is 5.56 Å². The van der Waals surface area contributed by atoms with Crippen LogP contribution in [0.15, 0.2) is 42.5 Å². The number of nitrogens with one attached hydrogen (secondary N) is 2. The van der Waals surface area contributed by atoms with Crippen molar-refractivity contribution in [3.8, 4) is 0 Å². The van der Waals surface area contributed by atoms with Crippen molar-refractivity contribution >= 4 is 29.1 Å². The van der Waals surface area contributed by atoms with Gasteiger partial charge in [0.15, 0.2) is 0 Å². The Labute approximate surface area is 119 Å². The first-order valence-electron chi connectivity index (χ1n) is 5.93. The summed E-state index contributed by atoms with van der Waals surface area (Å²) in [6.07, 6.45) is 0. The lowest BCUT2D eigenvalue weighted by atomic mass is 10.1. The molecule has 0 aliphatic carbocycles. The van der Waals surface area contributed by atoms with Crippen LogP contribution < -0.4 is 16.4 Å². The summed E-state index contributed by atoms with van der Waals surface area (Å²) in [5, 5.41) is 13.6. The lowest BCUT2D eigenvalue weighted by molar-refractivity contribution is 0.0697. The number of para-hydroxylation sites is 3. The van der Waals surface area contributed by atoms with Crippen LogP contribution in [0.3, 0.4) is 0 Å². The highest BCUT2D eigenvalue weighted by Crippen LogP contribution is 2.21. The van der Waals surface area contributed by atoms with Crippen LogP contribution in [-0.2, 0) is 0 Å². The standard InChI is InChI=1S/C14H12FN3O3/c15-9-5-3-4-8(13(19)20)12(9)18-14(21)17-11-7-2-1-6-10(11)16/h1-7H,16H2,(H,19,20)(H2,17,18,21). The number of halogens is 1. The average molecular weight is 289 g/mol. The Morgan fingerprint density at radius 2 is 1.76 bits per heavy atom. The molecular formula is C14H12FN3O3. The highest BCUT2D eigenvalue weighted by molar-refractivity contribution is 6.05. The Morgan fingerprint density at radius 3 is 2.43 bits per heavy atom. The molecule has 5 N–H and O–H groups in total. The van der Waals surface area contributed by atoms with Crippen LogP contribution in [-0.4, -0.2) is 17.1 Å². The van der Waals surface area contributed by atoms with Gasteiger partial charge in [-0.05, 0) is 24.3 Å². The van der Waals surface area contributed by atoms with Crippen molar-refractivity contribution in [3.63, 3.8) is 0 Å². The van der Waals surface area contributed by atoms with Crippen LogP contribution in [0.2, 0.25) is 0 Å². The van der Waals surface area contributed by atoms with Gasteiger partial charge in [-0.25, -0.2) is 14.0 Å². The number of carboxylic acid groups (broad SMARTS) is 1. The number of rotatable bonds is 3. The number of urea groups is 1. The maximum atomic E-state index is 13.7. The first-order valence-corrected chi connectivity index (χ1v) is 5.93. The van der Waals surface area contributed by atoms with Crippen LogP contribution in [0.4, 0.5) is 26.2 Å². The Kier molecular flexibility index (Phi) is 4.03. The van der Waals surface area contributed by atoms with E-state index in [0.29, 0.717) is 11.4 Å². The van der Waals surface area contributed by atoms with E-state index in [2.05, 4.69) is 10.6 Å². The summed E-state index contributed by atoms with van der Waals surface area (Å²) in [4.78, 5) is 22.8. The summed E-state index contributed by atoms with van der Waals surface area (Å²) in [5.74, 6) is -2.19. The van der Waals surface area contributed by atoms with E-state index >= 15 is 0 Å². The molecule has 0 saturated carbocycles. The molecule has 0 fully saturated rings.